The van der Waals surface area contributed by atoms with E-state index in [1.54, 1.807) is 7.11 Å². The third-order valence-electron chi connectivity index (χ3n) is 8.00. The first-order valence-electron chi connectivity index (χ1n) is 14.1. The van der Waals surface area contributed by atoms with E-state index in [2.05, 4.69) is 93.7 Å². The minimum absolute atomic E-state index is 0.402. The van der Waals surface area contributed by atoms with E-state index >= 15 is 0 Å². The van der Waals surface area contributed by atoms with Crippen LogP contribution in [0.25, 0.3) is 28.1 Å². The lowest BCUT2D eigenvalue weighted by Gasteiger charge is -2.18. The molecule has 38 heavy (non-hydrogen) atoms. The molecule has 0 amide bonds. The van der Waals surface area contributed by atoms with Crippen LogP contribution in [0.2, 0.25) is 0 Å². The smallest absolute Gasteiger partial charge is 0.138 e. The summed E-state index contributed by atoms with van der Waals surface area (Å²) < 4.78 is 5.15. The average Bonchev–Trinajstić information content (AvgIpc) is 3.76. The first-order valence-corrected chi connectivity index (χ1v) is 14.1. The molecule has 1 aliphatic carbocycles. The van der Waals surface area contributed by atoms with Gasteiger partial charge in [0, 0.05) is 61.4 Å². The van der Waals surface area contributed by atoms with Gasteiger partial charge in [0.15, 0.2) is 0 Å². The number of H-pyrrole nitrogens is 1. The van der Waals surface area contributed by atoms with Crippen LogP contribution in [-0.2, 0) is 4.74 Å². The number of nitrogens with zero attached hydrogens (tertiary/aromatic N) is 3. The number of rotatable bonds is 8. The van der Waals surface area contributed by atoms with Crippen molar-refractivity contribution in [3.63, 3.8) is 0 Å². The highest BCUT2D eigenvalue weighted by Crippen LogP contribution is 2.35. The van der Waals surface area contributed by atoms with Gasteiger partial charge in [-0.15, -0.1) is 0 Å². The number of aromatic amines is 1. The molecule has 2 aliphatic heterocycles. The largest absolute Gasteiger partial charge is 0.381 e. The van der Waals surface area contributed by atoms with E-state index in [-0.39, 0.29) is 0 Å². The molecule has 5 heteroatoms. The second kappa shape index (κ2) is 11.4. The SMILES string of the molecule is COC/C=C/C1C=CC(c2nc(-c3ccc(N4CCCC4)cc3)c(-c3ccc(N4CCCC4)cc3)[nH]2)=CC1. The summed E-state index contributed by atoms with van der Waals surface area (Å²) >= 11 is 0. The Labute approximate surface area is 226 Å². The molecule has 0 saturated carbocycles. The lowest BCUT2D eigenvalue weighted by molar-refractivity contribution is 0.233. The number of imidazole rings is 1. The van der Waals surface area contributed by atoms with Crippen LogP contribution >= 0.6 is 0 Å². The van der Waals surface area contributed by atoms with Gasteiger partial charge in [0.25, 0.3) is 0 Å². The molecule has 2 saturated heterocycles. The Hall–Kier alpha value is -3.57. The molecule has 2 fully saturated rings. The van der Waals surface area contributed by atoms with Gasteiger partial charge in [0.05, 0.1) is 18.0 Å². The molecule has 1 unspecified atom stereocenters. The van der Waals surface area contributed by atoms with E-state index in [4.69, 9.17) is 9.72 Å². The minimum Gasteiger partial charge on any atom is -0.381 e. The van der Waals surface area contributed by atoms with Crippen LogP contribution in [0.15, 0.2) is 78.9 Å². The van der Waals surface area contributed by atoms with Crippen molar-refractivity contribution in [2.75, 3.05) is 49.7 Å². The lowest BCUT2D eigenvalue weighted by atomic mass is 9.96. The standard InChI is InChI=1S/C33H38N4O/c1-38-24-6-7-25-8-10-28(11-9-25)33-34-31(26-12-16-29(17-13-26)36-20-2-3-21-36)32(35-33)27-14-18-30(19-15-27)37-22-4-5-23-37/h6-8,10-19,25H,2-5,9,20-24H2,1H3,(H,34,35)/b7-6+. The summed E-state index contributed by atoms with van der Waals surface area (Å²) in [5.41, 5.74) is 8.19. The summed E-state index contributed by atoms with van der Waals surface area (Å²) in [7, 11) is 1.73. The highest BCUT2D eigenvalue weighted by atomic mass is 16.5. The normalized spacial score (nSPS) is 19.6. The van der Waals surface area contributed by atoms with E-state index in [9.17, 15) is 0 Å². The maximum Gasteiger partial charge on any atom is 0.138 e. The van der Waals surface area contributed by atoms with E-state index in [0.29, 0.717) is 12.5 Å². The van der Waals surface area contributed by atoms with E-state index in [1.165, 1.54) is 42.6 Å². The molecule has 1 N–H and O–H groups in total. The minimum atomic E-state index is 0.402. The van der Waals surface area contributed by atoms with Crippen LogP contribution in [0.1, 0.15) is 37.9 Å². The number of methoxy groups -OCH3 is 1. The van der Waals surface area contributed by atoms with Gasteiger partial charge in [-0.2, -0.15) is 0 Å². The zero-order valence-electron chi connectivity index (χ0n) is 22.4. The van der Waals surface area contributed by atoms with Gasteiger partial charge in [0.1, 0.15) is 5.82 Å². The Morgan fingerprint density at radius 1 is 0.868 bits per heavy atom. The van der Waals surface area contributed by atoms with Crippen LogP contribution < -0.4 is 9.80 Å². The third kappa shape index (κ3) is 5.34. The molecule has 3 heterocycles. The molecule has 196 valence electrons. The monoisotopic (exact) mass is 506 g/mol. The number of benzene rings is 2. The molecule has 0 radical (unpaired) electrons. The molecule has 5 nitrogen and oxygen atoms in total. The second-order valence-corrected chi connectivity index (χ2v) is 10.6. The van der Waals surface area contributed by atoms with E-state index < -0.39 is 0 Å². The van der Waals surface area contributed by atoms with E-state index in [0.717, 1.165) is 60.9 Å². The van der Waals surface area contributed by atoms with Crippen molar-refractivity contribution >= 4 is 16.9 Å². The van der Waals surface area contributed by atoms with Crippen LogP contribution in [0.4, 0.5) is 11.4 Å². The molecule has 1 aromatic heterocycles. The highest BCUT2D eigenvalue weighted by Gasteiger charge is 2.19. The maximum absolute atomic E-state index is 5.17. The number of allylic oxidation sites excluding steroid dienone is 5. The lowest BCUT2D eigenvalue weighted by Crippen LogP contribution is -2.17. The molecule has 3 aromatic rings. The average molecular weight is 507 g/mol. The second-order valence-electron chi connectivity index (χ2n) is 10.6. The van der Waals surface area contributed by atoms with Crippen molar-refractivity contribution in [2.45, 2.75) is 32.1 Å². The molecular weight excluding hydrogens is 468 g/mol. The maximum atomic E-state index is 5.17. The Morgan fingerprint density at radius 3 is 2.03 bits per heavy atom. The third-order valence-corrected chi connectivity index (χ3v) is 8.00. The van der Waals surface area contributed by atoms with Crippen LogP contribution in [-0.4, -0.2) is 49.9 Å². The number of hydrogen-bond donors (Lipinski definition) is 1. The molecule has 3 aliphatic rings. The summed E-state index contributed by atoms with van der Waals surface area (Å²) in [6, 6.07) is 18.0. The van der Waals surface area contributed by atoms with Gasteiger partial charge in [-0.05, 0) is 62.3 Å². The van der Waals surface area contributed by atoms with Crippen molar-refractivity contribution in [3.8, 4) is 22.5 Å². The number of ether oxygens (including phenoxy) is 1. The van der Waals surface area contributed by atoms with Gasteiger partial charge in [-0.25, -0.2) is 4.98 Å². The molecule has 1 atom stereocenters. The fraction of sp³-hybridized carbons (Fsp3) is 0.364. The first-order chi connectivity index (χ1) is 18.8. The highest BCUT2D eigenvalue weighted by molar-refractivity contribution is 5.83. The van der Waals surface area contributed by atoms with Crippen LogP contribution in [0.5, 0.6) is 0 Å². The molecule has 0 spiro atoms. The number of anilines is 2. The molecule has 2 aromatic carbocycles. The van der Waals surface area contributed by atoms with Gasteiger partial charge >= 0.3 is 0 Å². The van der Waals surface area contributed by atoms with Gasteiger partial charge in [-0.3, -0.25) is 0 Å². The van der Waals surface area contributed by atoms with Crippen molar-refractivity contribution in [3.05, 3.63) is 84.7 Å². The summed E-state index contributed by atoms with van der Waals surface area (Å²) in [5, 5.41) is 0. The quantitative estimate of drug-likeness (QED) is 0.331. The number of hydrogen-bond acceptors (Lipinski definition) is 4. The molecule has 0 bridgehead atoms. The Kier molecular flexibility index (Phi) is 7.45. The molecular formula is C33H38N4O. The molecule has 6 rings (SSSR count). The summed E-state index contributed by atoms with van der Waals surface area (Å²) in [5.74, 6) is 1.33. The predicted molar refractivity (Wildman–Crippen MR) is 159 cm³/mol. The summed E-state index contributed by atoms with van der Waals surface area (Å²) in [4.78, 5) is 13.8. The fourth-order valence-corrected chi connectivity index (χ4v) is 5.83. The fourth-order valence-electron chi connectivity index (χ4n) is 5.83. The van der Waals surface area contributed by atoms with Crippen molar-refractivity contribution in [1.29, 1.82) is 0 Å². The van der Waals surface area contributed by atoms with Gasteiger partial charge < -0.3 is 19.5 Å². The number of nitrogens with one attached hydrogen (secondary N) is 1. The Balaban J connectivity index is 1.31. The number of aromatic nitrogens is 2. The predicted octanol–water partition coefficient (Wildman–Crippen LogP) is 7.11. The summed E-state index contributed by atoms with van der Waals surface area (Å²) in [6.07, 6.45) is 17.2. The van der Waals surface area contributed by atoms with Gasteiger partial charge in [-0.1, -0.05) is 54.6 Å². The Bertz CT molecular complexity index is 1230. The zero-order chi connectivity index (χ0) is 25.7. The van der Waals surface area contributed by atoms with E-state index in [1.807, 2.05) is 0 Å². The first kappa shape index (κ1) is 24.7. The van der Waals surface area contributed by atoms with Crippen molar-refractivity contribution < 1.29 is 4.74 Å². The Morgan fingerprint density at radius 2 is 1.47 bits per heavy atom. The summed E-state index contributed by atoms with van der Waals surface area (Å²) in [6.45, 7) is 5.28. The van der Waals surface area contributed by atoms with Crippen molar-refractivity contribution in [1.82, 2.24) is 9.97 Å². The van der Waals surface area contributed by atoms with Crippen LogP contribution in [0, 0.1) is 5.92 Å². The van der Waals surface area contributed by atoms with Crippen molar-refractivity contribution in [2.24, 2.45) is 5.92 Å². The zero-order valence-corrected chi connectivity index (χ0v) is 22.4. The van der Waals surface area contributed by atoms with Crippen LogP contribution in [0.3, 0.4) is 0 Å². The topological polar surface area (TPSA) is 44.4 Å². The van der Waals surface area contributed by atoms with Gasteiger partial charge in [0.2, 0.25) is 0 Å².